The molecule has 1 aliphatic heterocycles. The summed E-state index contributed by atoms with van der Waals surface area (Å²) in [6, 6.07) is 16.1. The number of likely N-dealkylation sites (tertiary alicyclic amines) is 1. The highest BCUT2D eigenvalue weighted by Gasteiger charge is 2.20. The van der Waals surface area contributed by atoms with Crippen molar-refractivity contribution in [3.05, 3.63) is 65.2 Å². The number of benzene rings is 2. The Balaban J connectivity index is 1.76. The third-order valence-electron chi connectivity index (χ3n) is 5.54. The zero-order valence-corrected chi connectivity index (χ0v) is 17.9. The van der Waals surface area contributed by atoms with Crippen LogP contribution in [-0.4, -0.2) is 29.8 Å². The van der Waals surface area contributed by atoms with E-state index in [9.17, 15) is 9.59 Å². The lowest BCUT2D eigenvalue weighted by Gasteiger charge is -2.25. The van der Waals surface area contributed by atoms with Crippen molar-refractivity contribution in [2.45, 2.75) is 53.0 Å². The van der Waals surface area contributed by atoms with Crippen LogP contribution in [0.3, 0.4) is 0 Å². The zero-order chi connectivity index (χ0) is 20.8. The number of rotatable bonds is 7. The SMILES string of the molecule is Cc1ccccc1CN(C(=O)CC(C)C)c1ccc(CC(=O)N2CCCC2)cc1. The average molecular weight is 393 g/mol. The number of nitrogens with zero attached hydrogens (tertiary/aromatic N) is 2. The molecule has 154 valence electrons. The van der Waals surface area contributed by atoms with Crippen LogP contribution in [0.2, 0.25) is 0 Å². The van der Waals surface area contributed by atoms with Gasteiger partial charge in [0, 0.05) is 25.2 Å². The number of amides is 2. The maximum atomic E-state index is 13.0. The van der Waals surface area contributed by atoms with E-state index in [1.807, 2.05) is 46.2 Å². The lowest BCUT2D eigenvalue weighted by atomic mass is 10.1. The van der Waals surface area contributed by atoms with Crippen molar-refractivity contribution in [3.63, 3.8) is 0 Å². The minimum absolute atomic E-state index is 0.129. The van der Waals surface area contributed by atoms with Crippen LogP contribution in [0.1, 0.15) is 49.8 Å². The van der Waals surface area contributed by atoms with Crippen molar-refractivity contribution in [1.29, 1.82) is 0 Å². The quantitative estimate of drug-likeness (QED) is 0.683. The van der Waals surface area contributed by atoms with E-state index in [1.165, 1.54) is 5.56 Å². The van der Waals surface area contributed by atoms with E-state index < -0.39 is 0 Å². The van der Waals surface area contributed by atoms with Gasteiger partial charge in [-0.15, -0.1) is 0 Å². The Morgan fingerprint density at radius 1 is 1.00 bits per heavy atom. The molecule has 0 aliphatic carbocycles. The van der Waals surface area contributed by atoms with Crippen LogP contribution in [0.4, 0.5) is 5.69 Å². The smallest absolute Gasteiger partial charge is 0.227 e. The van der Waals surface area contributed by atoms with Gasteiger partial charge in [-0.2, -0.15) is 0 Å². The molecule has 0 unspecified atom stereocenters. The van der Waals surface area contributed by atoms with Crippen molar-refractivity contribution in [2.24, 2.45) is 5.92 Å². The van der Waals surface area contributed by atoms with Gasteiger partial charge in [0.05, 0.1) is 13.0 Å². The molecule has 0 radical (unpaired) electrons. The summed E-state index contributed by atoms with van der Waals surface area (Å²) in [5.41, 5.74) is 4.22. The van der Waals surface area contributed by atoms with Crippen LogP contribution in [0, 0.1) is 12.8 Å². The molecular weight excluding hydrogens is 360 g/mol. The summed E-state index contributed by atoms with van der Waals surface area (Å²) in [5.74, 6) is 0.631. The largest absolute Gasteiger partial charge is 0.342 e. The fourth-order valence-electron chi connectivity index (χ4n) is 3.79. The second kappa shape index (κ2) is 9.73. The van der Waals surface area contributed by atoms with E-state index >= 15 is 0 Å². The number of hydrogen-bond acceptors (Lipinski definition) is 2. The van der Waals surface area contributed by atoms with E-state index in [2.05, 4.69) is 32.9 Å². The monoisotopic (exact) mass is 392 g/mol. The van der Waals surface area contributed by atoms with Crippen LogP contribution in [0.25, 0.3) is 0 Å². The standard InChI is InChI=1S/C25H32N2O2/c1-19(2)16-25(29)27(18-22-9-5-4-8-20(22)3)23-12-10-21(11-13-23)17-24(28)26-14-6-7-15-26/h4-5,8-13,19H,6-7,14-18H2,1-3H3. The molecule has 1 heterocycles. The maximum absolute atomic E-state index is 13.0. The topological polar surface area (TPSA) is 40.6 Å². The first-order chi connectivity index (χ1) is 13.9. The third-order valence-corrected chi connectivity index (χ3v) is 5.54. The van der Waals surface area contributed by atoms with Gasteiger partial charge >= 0.3 is 0 Å². The summed E-state index contributed by atoms with van der Waals surface area (Å²) in [5, 5.41) is 0. The predicted molar refractivity (Wildman–Crippen MR) is 118 cm³/mol. The van der Waals surface area contributed by atoms with Crippen molar-refractivity contribution < 1.29 is 9.59 Å². The van der Waals surface area contributed by atoms with Crippen LogP contribution >= 0.6 is 0 Å². The number of aryl methyl sites for hydroxylation is 1. The van der Waals surface area contributed by atoms with Crippen LogP contribution < -0.4 is 4.90 Å². The van der Waals surface area contributed by atoms with E-state index in [-0.39, 0.29) is 11.8 Å². The molecule has 2 amide bonds. The van der Waals surface area contributed by atoms with Gasteiger partial charge in [0.15, 0.2) is 0 Å². The van der Waals surface area contributed by atoms with Crippen molar-refractivity contribution >= 4 is 17.5 Å². The van der Waals surface area contributed by atoms with Gasteiger partial charge in [-0.1, -0.05) is 50.2 Å². The maximum Gasteiger partial charge on any atom is 0.227 e. The predicted octanol–water partition coefficient (Wildman–Crippen LogP) is 4.74. The molecule has 0 bridgehead atoms. The normalized spacial score (nSPS) is 13.7. The molecule has 4 heteroatoms. The van der Waals surface area contributed by atoms with Crippen LogP contribution in [0.15, 0.2) is 48.5 Å². The van der Waals surface area contributed by atoms with Crippen molar-refractivity contribution in [1.82, 2.24) is 4.90 Å². The Kier molecular flexibility index (Phi) is 7.08. The molecule has 1 fully saturated rings. The van der Waals surface area contributed by atoms with Gasteiger partial charge in [0.1, 0.15) is 0 Å². The number of carbonyl (C=O) groups excluding carboxylic acids is 2. The van der Waals surface area contributed by atoms with Gasteiger partial charge in [-0.25, -0.2) is 0 Å². The second-order valence-corrected chi connectivity index (χ2v) is 8.44. The first-order valence-corrected chi connectivity index (χ1v) is 10.7. The fourth-order valence-corrected chi connectivity index (χ4v) is 3.79. The molecule has 2 aromatic rings. The summed E-state index contributed by atoms with van der Waals surface area (Å²) < 4.78 is 0. The van der Waals surface area contributed by atoms with Gasteiger partial charge < -0.3 is 9.80 Å². The molecule has 4 nitrogen and oxygen atoms in total. The molecule has 0 N–H and O–H groups in total. The first-order valence-electron chi connectivity index (χ1n) is 10.7. The Bertz CT molecular complexity index is 836. The molecule has 0 aromatic heterocycles. The third kappa shape index (κ3) is 5.69. The highest BCUT2D eigenvalue weighted by atomic mass is 16.2. The summed E-state index contributed by atoms with van der Waals surface area (Å²) >= 11 is 0. The highest BCUT2D eigenvalue weighted by Crippen LogP contribution is 2.22. The number of anilines is 1. The molecule has 2 aromatic carbocycles. The molecule has 1 saturated heterocycles. The molecule has 1 aliphatic rings. The van der Waals surface area contributed by atoms with Crippen molar-refractivity contribution in [2.75, 3.05) is 18.0 Å². The molecular formula is C25H32N2O2. The fraction of sp³-hybridized carbons (Fsp3) is 0.440. The number of hydrogen-bond donors (Lipinski definition) is 0. The summed E-state index contributed by atoms with van der Waals surface area (Å²) in [6.07, 6.45) is 3.16. The summed E-state index contributed by atoms with van der Waals surface area (Å²) in [4.78, 5) is 29.2. The van der Waals surface area contributed by atoms with E-state index in [1.54, 1.807) is 0 Å². The molecule has 0 atom stereocenters. The first kappa shape index (κ1) is 21.1. The Morgan fingerprint density at radius 2 is 1.66 bits per heavy atom. The Hall–Kier alpha value is -2.62. The van der Waals surface area contributed by atoms with Crippen molar-refractivity contribution in [3.8, 4) is 0 Å². The minimum Gasteiger partial charge on any atom is -0.342 e. The van der Waals surface area contributed by atoms with E-state index in [0.29, 0.717) is 25.3 Å². The Labute approximate surface area is 174 Å². The molecule has 3 rings (SSSR count). The van der Waals surface area contributed by atoms with E-state index in [0.717, 1.165) is 42.7 Å². The molecule has 0 saturated carbocycles. The second-order valence-electron chi connectivity index (χ2n) is 8.44. The Morgan fingerprint density at radius 3 is 2.28 bits per heavy atom. The van der Waals surface area contributed by atoms with Crippen LogP contribution in [0.5, 0.6) is 0 Å². The summed E-state index contributed by atoms with van der Waals surface area (Å²) in [7, 11) is 0. The summed E-state index contributed by atoms with van der Waals surface area (Å²) in [6.45, 7) is 8.53. The van der Waals surface area contributed by atoms with Crippen LogP contribution in [-0.2, 0) is 22.6 Å². The van der Waals surface area contributed by atoms with Gasteiger partial charge in [0.2, 0.25) is 11.8 Å². The van der Waals surface area contributed by atoms with Gasteiger partial charge in [0.25, 0.3) is 0 Å². The van der Waals surface area contributed by atoms with Gasteiger partial charge in [-0.3, -0.25) is 9.59 Å². The molecule has 0 spiro atoms. The zero-order valence-electron chi connectivity index (χ0n) is 17.9. The van der Waals surface area contributed by atoms with E-state index in [4.69, 9.17) is 0 Å². The lowest BCUT2D eigenvalue weighted by Crippen LogP contribution is -2.31. The minimum atomic E-state index is 0.129. The highest BCUT2D eigenvalue weighted by molar-refractivity contribution is 5.93. The average Bonchev–Trinajstić information content (AvgIpc) is 3.22. The number of carbonyl (C=O) groups is 2. The molecule has 29 heavy (non-hydrogen) atoms. The lowest BCUT2D eigenvalue weighted by molar-refractivity contribution is -0.129. The van der Waals surface area contributed by atoms with Gasteiger partial charge in [-0.05, 0) is 54.5 Å².